The molecule has 4 aromatic carbocycles. The molecule has 2 heterocycles. The lowest BCUT2D eigenvalue weighted by molar-refractivity contribution is -0.697. The topological polar surface area (TPSA) is 79.4 Å². The van der Waals surface area contributed by atoms with Crippen molar-refractivity contribution in [3.63, 3.8) is 0 Å². The molecule has 7 nitrogen and oxygen atoms in total. The number of anilines is 3. The molecule has 10 atom stereocenters. The van der Waals surface area contributed by atoms with Crippen LogP contribution in [0.1, 0.15) is 119 Å². The predicted octanol–water partition coefficient (Wildman–Crippen LogP) is 15.1. The van der Waals surface area contributed by atoms with E-state index in [1.54, 1.807) is 5.57 Å². The summed E-state index contributed by atoms with van der Waals surface area (Å²) in [6.45, 7) is 18.7. The molecular weight excluding hydrogens is 893 g/mol. The number of para-hydroxylation sites is 2. The highest BCUT2D eigenvalue weighted by molar-refractivity contribution is 7.00. The zero-order chi connectivity index (χ0) is 49.3. The van der Waals surface area contributed by atoms with Gasteiger partial charge < -0.3 is 14.7 Å². The van der Waals surface area contributed by atoms with Gasteiger partial charge in [0.25, 0.3) is 0 Å². The second-order valence-electron chi connectivity index (χ2n) is 24.0. The van der Waals surface area contributed by atoms with Gasteiger partial charge in [-0.2, -0.15) is 8.75 Å². The number of allylic oxidation sites excluding steroid dienone is 2. The summed E-state index contributed by atoms with van der Waals surface area (Å²) in [4.78, 5) is 17.0. The van der Waals surface area contributed by atoms with Crippen molar-refractivity contribution in [3.05, 3.63) is 133 Å². The van der Waals surface area contributed by atoms with Crippen LogP contribution in [-0.4, -0.2) is 32.5 Å². The molecule has 1 N–H and O–H groups in total. The third-order valence-electron chi connectivity index (χ3n) is 20.5. The molecule has 0 bridgehead atoms. The number of hydrogen-bond donors (Lipinski definition) is 1. The number of fused-ring (bicyclic) bond motifs is 8. The third kappa shape index (κ3) is 7.82. The van der Waals surface area contributed by atoms with Crippen molar-refractivity contribution in [1.29, 1.82) is 0 Å². The molecule has 5 aliphatic rings. The van der Waals surface area contributed by atoms with E-state index >= 15 is 0 Å². The van der Waals surface area contributed by atoms with Gasteiger partial charge in [0, 0.05) is 46.7 Å². The lowest BCUT2D eigenvalue weighted by atomic mass is 9.33. The van der Waals surface area contributed by atoms with Gasteiger partial charge in [0.2, 0.25) is 0 Å². The maximum Gasteiger partial charge on any atom is 0.312 e. The largest absolute Gasteiger partial charge is 0.465 e. The van der Waals surface area contributed by atoms with E-state index in [0.29, 0.717) is 30.3 Å². The van der Waals surface area contributed by atoms with Crippen LogP contribution in [0, 0.1) is 56.7 Å². The third-order valence-corrected chi connectivity index (χ3v) is 21.0. The second kappa shape index (κ2) is 18.4. The molecule has 11 rings (SSSR count). The number of aryl methyl sites for hydroxylation is 1. The monoisotopic (exact) mass is 968 g/mol. The molecule has 2 aromatic heterocycles. The number of aliphatic hydroxyl groups is 1. The van der Waals surface area contributed by atoms with Crippen LogP contribution in [0.4, 0.5) is 17.1 Å². The summed E-state index contributed by atoms with van der Waals surface area (Å²) in [5.41, 5.74) is 11.1. The summed E-state index contributed by atoms with van der Waals surface area (Å²) in [5.74, 6) is 2.44. The van der Waals surface area contributed by atoms with Crippen molar-refractivity contribution in [2.24, 2.45) is 56.7 Å². The van der Waals surface area contributed by atoms with Gasteiger partial charge in [0.05, 0.1) is 29.9 Å². The Morgan fingerprint density at radius 1 is 0.704 bits per heavy atom. The van der Waals surface area contributed by atoms with E-state index in [4.69, 9.17) is 13.5 Å². The number of carbonyl (C=O) groups excluding carboxylic acids is 1. The van der Waals surface area contributed by atoms with Crippen molar-refractivity contribution in [1.82, 2.24) is 8.75 Å². The first-order chi connectivity index (χ1) is 34.2. The average molecular weight is 968 g/mol. The fourth-order valence-corrected chi connectivity index (χ4v) is 16.6. The van der Waals surface area contributed by atoms with E-state index in [1.807, 2.05) is 0 Å². The molecule has 5 aliphatic carbocycles. The van der Waals surface area contributed by atoms with Gasteiger partial charge in [0.1, 0.15) is 17.6 Å². The number of nitrogens with zero attached hydrogens (tertiary/aromatic N) is 4. The molecule has 8 heteroatoms. The minimum Gasteiger partial charge on any atom is -0.465 e. The number of unbranched alkanes of at least 4 members (excludes halogenated alkanes) is 1. The number of ether oxygens (including phenoxy) is 1. The van der Waals surface area contributed by atoms with Gasteiger partial charge in [-0.25, -0.2) is 4.57 Å². The Hall–Kier alpha value is -5.18. The Morgan fingerprint density at radius 3 is 1.97 bits per heavy atom. The van der Waals surface area contributed by atoms with Crippen LogP contribution in [-0.2, 0) is 16.1 Å². The number of aliphatic hydroxyl groups excluding tert-OH is 1. The number of pyridine rings is 1. The molecule has 0 radical (unpaired) electrons. The van der Waals surface area contributed by atoms with Gasteiger partial charge in [-0.15, -0.1) is 0 Å². The Morgan fingerprint density at radius 2 is 1.32 bits per heavy atom. The number of rotatable bonds is 11. The molecule has 370 valence electrons. The molecule has 71 heavy (non-hydrogen) atoms. The molecule has 0 amide bonds. The SMILES string of the molecule is C[C@H]1[C@H](C)CC[C@]2(C(=O)OCCCC[n+]3ccc(-c4ccc(-c5ccc(N(c6ccccc6)c6ccccc6)cc5)c5nsnc45)cc3)CC[C@]3(C)C(=CC[C@@H]4[C@@]5(C)CC[C@H](O)C(C)(C)[C@@H]5CC[C@]43C)[C@H]12. The lowest BCUT2D eigenvalue weighted by Crippen LogP contribution is -2.65. The van der Waals surface area contributed by atoms with Crippen molar-refractivity contribution < 1.29 is 19.2 Å². The van der Waals surface area contributed by atoms with E-state index in [2.05, 4.69) is 186 Å². The lowest BCUT2D eigenvalue weighted by Gasteiger charge is -2.71. The zero-order valence-electron chi connectivity index (χ0n) is 43.2. The van der Waals surface area contributed by atoms with Gasteiger partial charge in [-0.05, 0) is 163 Å². The molecule has 0 saturated heterocycles. The first-order valence-electron chi connectivity index (χ1n) is 27.0. The maximum atomic E-state index is 14.7. The minimum atomic E-state index is -0.433. The summed E-state index contributed by atoms with van der Waals surface area (Å²) in [6, 6.07) is 38.4. The highest BCUT2D eigenvalue weighted by Crippen LogP contribution is 2.76. The van der Waals surface area contributed by atoms with Gasteiger partial charge in [-0.1, -0.05) is 121 Å². The van der Waals surface area contributed by atoms with Crippen molar-refractivity contribution >= 4 is 45.8 Å². The fourth-order valence-electron chi connectivity index (χ4n) is 16.0. The van der Waals surface area contributed by atoms with Crippen LogP contribution in [0.3, 0.4) is 0 Å². The molecule has 6 aromatic rings. The van der Waals surface area contributed by atoms with E-state index in [9.17, 15) is 9.90 Å². The predicted molar refractivity (Wildman–Crippen MR) is 288 cm³/mol. The second-order valence-corrected chi connectivity index (χ2v) is 24.6. The van der Waals surface area contributed by atoms with E-state index < -0.39 is 5.41 Å². The summed E-state index contributed by atoms with van der Waals surface area (Å²) in [5, 5.41) is 11.2. The molecular formula is C63H75N4O3S+. The Kier molecular flexibility index (Phi) is 12.5. The molecule has 0 aliphatic heterocycles. The number of benzene rings is 4. The summed E-state index contributed by atoms with van der Waals surface area (Å²) >= 11 is 1.26. The van der Waals surface area contributed by atoms with Crippen molar-refractivity contribution in [2.45, 2.75) is 132 Å². The van der Waals surface area contributed by atoms with E-state index in [1.165, 1.54) is 24.6 Å². The van der Waals surface area contributed by atoms with E-state index in [-0.39, 0.29) is 39.7 Å². The zero-order valence-corrected chi connectivity index (χ0v) is 44.1. The Labute approximate surface area is 427 Å². The molecule has 0 unspecified atom stereocenters. The Bertz CT molecular complexity index is 2880. The quantitative estimate of drug-likeness (QED) is 0.0603. The standard InChI is InChI=1S/C63H75N4O3S/c1-42-28-35-63(37-36-61(6)51(55(63)43(42)2)26-27-53-60(5)33-30-54(68)59(3,4)52(60)29-34-62(53,61)7)58(69)70-41-15-14-38-66-39-31-45(32-40-66)50-25-24-49(56-57(50)65-71-64-56)44-20-22-48(23-21-44)67(46-16-10-8-11-17-46)47-18-12-9-13-19-47/h8-13,16-26,31-32,39-40,42-43,52-55,68H,14-15,27-30,33-38,41H2,1-7H3/q+1/t42-,43+,52+,53-,54+,55+,60+,61-,62-,63+/m1/s1. The first-order valence-corrected chi connectivity index (χ1v) is 27.7. The highest BCUT2D eigenvalue weighted by Gasteiger charge is 2.69. The smallest absolute Gasteiger partial charge is 0.312 e. The number of aromatic nitrogens is 3. The first kappa shape index (κ1) is 48.1. The van der Waals surface area contributed by atoms with E-state index in [0.717, 1.165) is 115 Å². The molecule has 0 spiro atoms. The molecule has 4 fully saturated rings. The van der Waals surface area contributed by atoms with Gasteiger partial charge >= 0.3 is 5.97 Å². The van der Waals surface area contributed by atoms with Crippen LogP contribution in [0.5, 0.6) is 0 Å². The average Bonchev–Trinajstić information content (AvgIpc) is 3.88. The van der Waals surface area contributed by atoms with Crippen LogP contribution in [0.2, 0.25) is 0 Å². The van der Waals surface area contributed by atoms with Crippen LogP contribution in [0.25, 0.3) is 33.3 Å². The number of esters is 1. The van der Waals surface area contributed by atoms with Crippen molar-refractivity contribution in [2.75, 3.05) is 11.5 Å². The number of carbonyl (C=O) groups is 1. The van der Waals surface area contributed by atoms with Crippen LogP contribution < -0.4 is 9.47 Å². The normalized spacial score (nSPS) is 31.9. The molecule has 4 saturated carbocycles. The maximum absolute atomic E-state index is 14.7. The Balaban J connectivity index is 0.737. The summed E-state index contributed by atoms with van der Waals surface area (Å²) in [6.07, 6.45) is 18.1. The summed E-state index contributed by atoms with van der Waals surface area (Å²) in [7, 11) is 0. The van der Waals surface area contributed by atoms with Gasteiger partial charge in [0.15, 0.2) is 12.4 Å². The van der Waals surface area contributed by atoms with Gasteiger partial charge in [-0.3, -0.25) is 4.79 Å². The fraction of sp³-hybridized carbons (Fsp3) is 0.492. The van der Waals surface area contributed by atoms with Crippen LogP contribution in [0.15, 0.2) is 133 Å². The summed E-state index contributed by atoms with van der Waals surface area (Å²) < 4.78 is 18.3. The number of hydrogen-bond acceptors (Lipinski definition) is 7. The van der Waals surface area contributed by atoms with Crippen molar-refractivity contribution in [3.8, 4) is 22.3 Å². The minimum absolute atomic E-state index is 0.0597. The van der Waals surface area contributed by atoms with Crippen LogP contribution >= 0.6 is 11.7 Å². The highest BCUT2D eigenvalue weighted by atomic mass is 32.1.